The Labute approximate surface area is 129 Å². The molecule has 1 aliphatic carbocycles. The Morgan fingerprint density at radius 1 is 1.42 bits per heavy atom. The normalized spacial score (nSPS) is 15.4. The molecule has 1 aromatic carbocycles. The fraction of sp³-hybridized carbons (Fsp3) is 0.364. The number of halogens is 3. The summed E-state index contributed by atoms with van der Waals surface area (Å²) >= 11 is 9.15. The van der Waals surface area contributed by atoms with Gasteiger partial charge in [-0.1, -0.05) is 27.5 Å². The van der Waals surface area contributed by atoms with Crippen LogP contribution >= 0.6 is 38.2 Å². The van der Waals surface area contributed by atoms with Gasteiger partial charge in [-0.05, 0) is 25.0 Å². The highest BCUT2D eigenvalue weighted by atomic mass is 79.9. The molecule has 0 N–H and O–H groups in total. The quantitative estimate of drug-likeness (QED) is 0.749. The van der Waals surface area contributed by atoms with Crippen LogP contribution < -0.4 is 0 Å². The molecule has 0 saturated heterocycles. The first-order valence-corrected chi connectivity index (χ1v) is 8.90. The van der Waals surface area contributed by atoms with Crippen molar-refractivity contribution in [2.75, 3.05) is 7.05 Å². The van der Waals surface area contributed by atoms with Crippen molar-refractivity contribution < 1.29 is 13.2 Å². The van der Waals surface area contributed by atoms with Crippen molar-refractivity contribution in [1.29, 1.82) is 0 Å². The van der Waals surface area contributed by atoms with Crippen LogP contribution in [0.25, 0.3) is 0 Å². The molecule has 0 aromatic heterocycles. The molecule has 1 aromatic rings. The molecule has 0 bridgehead atoms. The van der Waals surface area contributed by atoms with Gasteiger partial charge in [-0.15, -0.1) is 0 Å². The number of hydrogen-bond donors (Lipinski definition) is 0. The lowest BCUT2D eigenvalue weighted by Crippen LogP contribution is -2.29. The Bertz CT molecular complexity index is 644. The van der Waals surface area contributed by atoms with Crippen molar-refractivity contribution in [3.63, 3.8) is 0 Å². The molecule has 0 unspecified atom stereocenters. The topological polar surface area (TPSA) is 54.5 Å². The van der Waals surface area contributed by atoms with E-state index in [2.05, 4.69) is 15.9 Å². The van der Waals surface area contributed by atoms with Crippen LogP contribution in [-0.2, 0) is 9.05 Å². The minimum absolute atomic E-state index is 0.129. The molecule has 1 fully saturated rings. The standard InChI is InChI=1S/C11H10BrCl2NO3S/c1-15(7-2-3-7)11(16)8-4-6(12)5-9(10(8)13)19(14,17)18/h4-5,7H,2-3H2,1H3. The SMILES string of the molecule is CN(C(=O)c1cc(Br)cc(S(=O)(=O)Cl)c1Cl)C1CC1. The lowest BCUT2D eigenvalue weighted by molar-refractivity contribution is 0.0785. The summed E-state index contributed by atoms with van der Waals surface area (Å²) in [6, 6.07) is 2.98. The molecule has 0 heterocycles. The van der Waals surface area contributed by atoms with Gasteiger partial charge < -0.3 is 4.90 Å². The van der Waals surface area contributed by atoms with E-state index in [1.165, 1.54) is 12.1 Å². The highest BCUT2D eigenvalue weighted by Gasteiger charge is 2.32. The molecule has 0 aliphatic heterocycles. The molecule has 1 amide bonds. The number of nitrogens with zero attached hydrogens (tertiary/aromatic N) is 1. The third-order valence-corrected chi connectivity index (χ3v) is 5.24. The average molecular weight is 387 g/mol. The van der Waals surface area contributed by atoms with Crippen molar-refractivity contribution >= 4 is 53.2 Å². The largest absolute Gasteiger partial charge is 0.339 e. The van der Waals surface area contributed by atoms with E-state index in [1.54, 1.807) is 11.9 Å². The predicted octanol–water partition coefficient (Wildman–Crippen LogP) is 3.26. The van der Waals surface area contributed by atoms with E-state index in [-0.39, 0.29) is 27.4 Å². The van der Waals surface area contributed by atoms with Crippen LogP contribution in [0, 0.1) is 0 Å². The summed E-state index contributed by atoms with van der Waals surface area (Å²) in [7, 11) is 2.98. The number of rotatable bonds is 3. The smallest absolute Gasteiger partial charge is 0.262 e. The summed E-state index contributed by atoms with van der Waals surface area (Å²) in [6.07, 6.45) is 1.91. The first-order valence-electron chi connectivity index (χ1n) is 5.42. The summed E-state index contributed by atoms with van der Waals surface area (Å²) in [5, 5.41) is -0.143. The summed E-state index contributed by atoms with van der Waals surface area (Å²) in [5.41, 5.74) is 0.129. The summed E-state index contributed by atoms with van der Waals surface area (Å²) < 4.78 is 23.3. The highest BCUT2D eigenvalue weighted by molar-refractivity contribution is 9.10. The van der Waals surface area contributed by atoms with Crippen molar-refractivity contribution in [3.05, 3.63) is 27.2 Å². The molecule has 104 valence electrons. The van der Waals surface area contributed by atoms with Gasteiger partial charge in [-0.2, -0.15) is 0 Å². The van der Waals surface area contributed by atoms with Gasteiger partial charge in [0.15, 0.2) is 0 Å². The fourth-order valence-corrected chi connectivity index (χ4v) is 3.89. The lowest BCUT2D eigenvalue weighted by Gasteiger charge is -2.18. The van der Waals surface area contributed by atoms with Gasteiger partial charge in [0.25, 0.3) is 15.0 Å². The lowest BCUT2D eigenvalue weighted by atomic mass is 10.2. The second-order valence-electron chi connectivity index (χ2n) is 4.35. The van der Waals surface area contributed by atoms with Gasteiger partial charge in [0.05, 0.1) is 10.6 Å². The van der Waals surface area contributed by atoms with Gasteiger partial charge >= 0.3 is 0 Å². The molecule has 19 heavy (non-hydrogen) atoms. The summed E-state index contributed by atoms with van der Waals surface area (Å²) in [4.78, 5) is 13.6. The van der Waals surface area contributed by atoms with Crippen molar-refractivity contribution in [2.45, 2.75) is 23.8 Å². The Morgan fingerprint density at radius 3 is 2.47 bits per heavy atom. The van der Waals surface area contributed by atoms with E-state index >= 15 is 0 Å². The fourth-order valence-electron chi connectivity index (χ4n) is 1.71. The van der Waals surface area contributed by atoms with Crippen LogP contribution in [0.4, 0.5) is 0 Å². The summed E-state index contributed by atoms with van der Waals surface area (Å²) in [5.74, 6) is -0.310. The predicted molar refractivity (Wildman–Crippen MR) is 77.3 cm³/mol. The van der Waals surface area contributed by atoms with Crippen LogP contribution in [0.1, 0.15) is 23.2 Å². The molecule has 0 atom stereocenters. The maximum absolute atomic E-state index is 12.3. The Balaban J connectivity index is 2.51. The molecule has 1 saturated carbocycles. The second kappa shape index (κ2) is 5.24. The minimum atomic E-state index is -4.00. The molecule has 2 rings (SSSR count). The van der Waals surface area contributed by atoms with Gasteiger partial charge in [0, 0.05) is 28.2 Å². The van der Waals surface area contributed by atoms with Gasteiger partial charge in [-0.25, -0.2) is 8.42 Å². The molecule has 4 nitrogen and oxygen atoms in total. The summed E-state index contributed by atoms with van der Waals surface area (Å²) in [6.45, 7) is 0. The van der Waals surface area contributed by atoms with Crippen LogP contribution in [0.15, 0.2) is 21.5 Å². The molecular weight excluding hydrogens is 377 g/mol. The highest BCUT2D eigenvalue weighted by Crippen LogP contribution is 2.34. The molecular formula is C11H10BrCl2NO3S. The molecule has 1 aliphatic rings. The van der Waals surface area contributed by atoms with E-state index in [4.69, 9.17) is 22.3 Å². The van der Waals surface area contributed by atoms with E-state index < -0.39 is 9.05 Å². The monoisotopic (exact) mass is 385 g/mol. The molecule has 0 radical (unpaired) electrons. The number of carbonyl (C=O) groups excluding carboxylic acids is 1. The van der Waals surface area contributed by atoms with Gasteiger partial charge in [0.1, 0.15) is 4.90 Å². The first-order chi connectivity index (χ1) is 8.71. The van der Waals surface area contributed by atoms with E-state index in [1.807, 2.05) is 0 Å². The maximum Gasteiger partial charge on any atom is 0.262 e. The van der Waals surface area contributed by atoms with E-state index in [0.717, 1.165) is 12.8 Å². The van der Waals surface area contributed by atoms with Crippen LogP contribution in [0.2, 0.25) is 5.02 Å². The van der Waals surface area contributed by atoms with Crippen molar-refractivity contribution in [1.82, 2.24) is 4.90 Å². The zero-order valence-electron chi connectivity index (χ0n) is 9.86. The van der Waals surface area contributed by atoms with Crippen LogP contribution in [0.3, 0.4) is 0 Å². The minimum Gasteiger partial charge on any atom is -0.339 e. The number of carbonyl (C=O) groups is 1. The van der Waals surface area contributed by atoms with E-state index in [9.17, 15) is 13.2 Å². The maximum atomic E-state index is 12.3. The zero-order chi connectivity index (χ0) is 14.4. The molecule has 8 heteroatoms. The van der Waals surface area contributed by atoms with Gasteiger partial charge in [0.2, 0.25) is 0 Å². The number of benzene rings is 1. The zero-order valence-corrected chi connectivity index (χ0v) is 13.8. The Hall–Kier alpha value is -0.300. The molecule has 0 spiro atoms. The first kappa shape index (κ1) is 15.1. The number of hydrogen-bond acceptors (Lipinski definition) is 3. The van der Waals surface area contributed by atoms with Crippen LogP contribution in [0.5, 0.6) is 0 Å². The van der Waals surface area contributed by atoms with Crippen molar-refractivity contribution in [3.8, 4) is 0 Å². The van der Waals surface area contributed by atoms with Crippen LogP contribution in [-0.4, -0.2) is 32.3 Å². The van der Waals surface area contributed by atoms with Crippen molar-refractivity contribution in [2.24, 2.45) is 0 Å². The Morgan fingerprint density at radius 2 is 2.00 bits per heavy atom. The Kier molecular flexibility index (Phi) is 4.16. The van der Waals surface area contributed by atoms with E-state index in [0.29, 0.717) is 4.47 Å². The third-order valence-electron chi connectivity index (χ3n) is 2.91. The third kappa shape index (κ3) is 3.24. The number of amides is 1. The second-order valence-corrected chi connectivity index (χ2v) is 8.18. The van der Waals surface area contributed by atoms with Gasteiger partial charge in [-0.3, -0.25) is 4.79 Å². The average Bonchev–Trinajstić information content (AvgIpc) is 3.12.